The second-order valence-corrected chi connectivity index (χ2v) is 6.73. The van der Waals surface area contributed by atoms with Crippen molar-refractivity contribution in [3.8, 4) is 5.75 Å². The first-order chi connectivity index (χ1) is 9.35. The molecule has 1 aliphatic rings. The van der Waals surface area contributed by atoms with Crippen LogP contribution in [0.1, 0.15) is 12.0 Å². The van der Waals surface area contributed by atoms with E-state index in [-0.39, 0.29) is 22.8 Å². The zero-order valence-corrected chi connectivity index (χ0v) is 11.3. The number of benzene rings is 1. The summed E-state index contributed by atoms with van der Waals surface area (Å²) in [5.41, 5.74) is 0.261. The molecule has 1 fully saturated rings. The van der Waals surface area contributed by atoms with Gasteiger partial charge in [-0.25, -0.2) is 17.6 Å². The molecule has 0 amide bonds. The number of carbonyl (C=O) groups is 1. The van der Waals surface area contributed by atoms with Crippen molar-refractivity contribution in [2.75, 3.05) is 11.5 Å². The predicted octanol–water partition coefficient (Wildman–Crippen LogP) is 1.49. The van der Waals surface area contributed by atoms with Gasteiger partial charge in [-0.05, 0) is 30.7 Å². The fourth-order valence-corrected chi connectivity index (χ4v) is 3.54. The summed E-state index contributed by atoms with van der Waals surface area (Å²) in [6, 6.07) is 3.68. The van der Waals surface area contributed by atoms with Crippen LogP contribution in [0.5, 0.6) is 5.75 Å². The van der Waals surface area contributed by atoms with E-state index in [4.69, 9.17) is 9.84 Å². The second kappa shape index (κ2) is 5.62. The molecule has 2 rings (SSSR count). The average molecular weight is 300 g/mol. The van der Waals surface area contributed by atoms with Crippen molar-refractivity contribution in [3.63, 3.8) is 0 Å². The third-order valence-corrected chi connectivity index (χ3v) is 4.60. The number of aliphatic carboxylic acids is 1. The highest BCUT2D eigenvalue weighted by Gasteiger charge is 2.29. The fourth-order valence-electron chi connectivity index (χ4n) is 1.95. The number of rotatable bonds is 4. The molecule has 0 aromatic heterocycles. The summed E-state index contributed by atoms with van der Waals surface area (Å²) in [5, 5.41) is 8.59. The number of ether oxygens (including phenoxy) is 1. The second-order valence-electron chi connectivity index (χ2n) is 4.50. The lowest BCUT2D eigenvalue weighted by atomic mass is 10.1. The molecule has 1 unspecified atom stereocenters. The number of carboxylic acids is 1. The van der Waals surface area contributed by atoms with Crippen molar-refractivity contribution in [2.45, 2.75) is 12.5 Å². The van der Waals surface area contributed by atoms with Gasteiger partial charge < -0.3 is 9.84 Å². The number of sulfone groups is 1. The highest BCUT2D eigenvalue weighted by molar-refractivity contribution is 7.91. The predicted molar refractivity (Wildman–Crippen MR) is 70.8 cm³/mol. The van der Waals surface area contributed by atoms with Gasteiger partial charge in [-0.3, -0.25) is 0 Å². The maximum Gasteiger partial charge on any atom is 0.328 e. The Morgan fingerprint density at radius 3 is 2.80 bits per heavy atom. The number of hydrogen-bond acceptors (Lipinski definition) is 4. The van der Waals surface area contributed by atoms with Crippen molar-refractivity contribution in [2.24, 2.45) is 0 Å². The van der Waals surface area contributed by atoms with Crippen LogP contribution in [-0.4, -0.2) is 37.1 Å². The summed E-state index contributed by atoms with van der Waals surface area (Å²) in [7, 11) is -3.07. The smallest absolute Gasteiger partial charge is 0.328 e. The quantitative estimate of drug-likeness (QED) is 0.852. The van der Waals surface area contributed by atoms with Gasteiger partial charge in [0.2, 0.25) is 0 Å². The molecule has 20 heavy (non-hydrogen) atoms. The van der Waals surface area contributed by atoms with Crippen LogP contribution in [0.3, 0.4) is 0 Å². The maximum absolute atomic E-state index is 13.2. The zero-order chi connectivity index (χ0) is 14.8. The van der Waals surface area contributed by atoms with Gasteiger partial charge in [0.1, 0.15) is 17.7 Å². The van der Waals surface area contributed by atoms with Crippen LogP contribution in [0.2, 0.25) is 0 Å². The van der Waals surface area contributed by atoms with Crippen molar-refractivity contribution in [3.05, 3.63) is 35.7 Å². The Bertz CT molecular complexity index is 651. The zero-order valence-electron chi connectivity index (χ0n) is 10.5. The fraction of sp³-hybridized carbons (Fsp3) is 0.308. The Morgan fingerprint density at radius 1 is 1.45 bits per heavy atom. The monoisotopic (exact) mass is 300 g/mol. The molecule has 0 bridgehead atoms. The molecule has 0 aliphatic carbocycles. The standard InChI is InChI=1S/C13H13FO5S/c14-10-2-3-12(9(7-10)1-4-13(15)16)19-11-5-6-20(17,18)8-11/h1-4,7,11H,5-6,8H2,(H,15,16)/b4-1+. The van der Waals surface area contributed by atoms with Crippen molar-refractivity contribution in [1.29, 1.82) is 0 Å². The van der Waals surface area contributed by atoms with Crippen LogP contribution in [0.4, 0.5) is 4.39 Å². The van der Waals surface area contributed by atoms with E-state index in [2.05, 4.69) is 0 Å². The van der Waals surface area contributed by atoms with E-state index in [1.807, 2.05) is 0 Å². The number of hydrogen-bond donors (Lipinski definition) is 1. The van der Waals surface area contributed by atoms with E-state index >= 15 is 0 Å². The molecule has 1 saturated heterocycles. The molecule has 1 aromatic carbocycles. The first-order valence-electron chi connectivity index (χ1n) is 5.93. The summed E-state index contributed by atoms with van der Waals surface area (Å²) in [5.74, 6) is -1.43. The third kappa shape index (κ3) is 3.80. The van der Waals surface area contributed by atoms with Gasteiger partial charge in [-0.1, -0.05) is 0 Å². The minimum absolute atomic E-state index is 0.0686. The normalized spacial score (nSPS) is 21.1. The largest absolute Gasteiger partial charge is 0.489 e. The third-order valence-electron chi connectivity index (χ3n) is 2.86. The van der Waals surface area contributed by atoms with E-state index in [9.17, 15) is 17.6 Å². The van der Waals surface area contributed by atoms with Crippen LogP contribution < -0.4 is 4.74 Å². The van der Waals surface area contributed by atoms with Gasteiger partial charge in [-0.15, -0.1) is 0 Å². The van der Waals surface area contributed by atoms with Gasteiger partial charge in [0.25, 0.3) is 0 Å². The minimum Gasteiger partial charge on any atom is -0.489 e. The summed E-state index contributed by atoms with van der Waals surface area (Å²) >= 11 is 0. The molecule has 7 heteroatoms. The van der Waals surface area contributed by atoms with Crippen molar-refractivity contribution < 1.29 is 27.4 Å². The summed E-state index contributed by atoms with van der Waals surface area (Å²) < 4.78 is 41.4. The Balaban J connectivity index is 2.21. The van der Waals surface area contributed by atoms with E-state index in [1.54, 1.807) is 0 Å². The average Bonchev–Trinajstić information content (AvgIpc) is 2.69. The van der Waals surface area contributed by atoms with Gasteiger partial charge >= 0.3 is 5.97 Å². The Kier molecular flexibility index (Phi) is 4.08. The lowest BCUT2D eigenvalue weighted by molar-refractivity contribution is -0.131. The van der Waals surface area contributed by atoms with Crippen LogP contribution in [0.15, 0.2) is 24.3 Å². The highest BCUT2D eigenvalue weighted by Crippen LogP contribution is 2.25. The molecule has 0 spiro atoms. The SMILES string of the molecule is O=C(O)/C=C/c1cc(F)ccc1OC1CCS(=O)(=O)C1. The van der Waals surface area contributed by atoms with E-state index in [0.29, 0.717) is 6.42 Å². The van der Waals surface area contributed by atoms with Gasteiger partial charge in [0.05, 0.1) is 11.5 Å². The van der Waals surface area contributed by atoms with E-state index < -0.39 is 27.7 Å². The van der Waals surface area contributed by atoms with Crippen LogP contribution in [-0.2, 0) is 14.6 Å². The topological polar surface area (TPSA) is 80.7 Å². The molecular weight excluding hydrogens is 287 g/mol. The Morgan fingerprint density at radius 2 is 2.20 bits per heavy atom. The maximum atomic E-state index is 13.2. The Hall–Kier alpha value is -1.89. The van der Waals surface area contributed by atoms with Gasteiger partial charge in [-0.2, -0.15) is 0 Å². The molecular formula is C13H13FO5S. The van der Waals surface area contributed by atoms with Crippen molar-refractivity contribution >= 4 is 21.9 Å². The van der Waals surface area contributed by atoms with Crippen molar-refractivity contribution in [1.82, 2.24) is 0 Å². The molecule has 5 nitrogen and oxygen atoms in total. The molecule has 1 aliphatic heterocycles. The van der Waals surface area contributed by atoms with Crippen LogP contribution in [0, 0.1) is 5.82 Å². The lowest BCUT2D eigenvalue weighted by Gasteiger charge is -2.14. The molecule has 0 saturated carbocycles. The van der Waals surface area contributed by atoms with Crippen LogP contribution >= 0.6 is 0 Å². The van der Waals surface area contributed by atoms with Crippen LogP contribution in [0.25, 0.3) is 6.08 Å². The summed E-state index contributed by atoms with van der Waals surface area (Å²) in [4.78, 5) is 10.5. The first kappa shape index (κ1) is 14.5. The molecule has 1 N–H and O–H groups in total. The van der Waals surface area contributed by atoms with E-state index in [0.717, 1.165) is 12.1 Å². The summed E-state index contributed by atoms with van der Waals surface area (Å²) in [6.45, 7) is 0. The minimum atomic E-state index is -3.07. The molecule has 1 atom stereocenters. The molecule has 108 valence electrons. The first-order valence-corrected chi connectivity index (χ1v) is 7.75. The highest BCUT2D eigenvalue weighted by atomic mass is 32.2. The number of halogens is 1. The van der Waals surface area contributed by atoms with Gasteiger partial charge in [0, 0.05) is 11.6 Å². The summed E-state index contributed by atoms with van der Waals surface area (Å²) in [6.07, 6.45) is 1.97. The lowest BCUT2D eigenvalue weighted by Crippen LogP contribution is -2.18. The molecule has 1 heterocycles. The molecule has 0 radical (unpaired) electrons. The molecule has 1 aromatic rings. The van der Waals surface area contributed by atoms with Gasteiger partial charge in [0.15, 0.2) is 9.84 Å². The Labute approximate surface area is 115 Å². The van der Waals surface area contributed by atoms with E-state index in [1.165, 1.54) is 18.2 Å². The number of carboxylic acid groups (broad SMARTS) is 1.